The van der Waals surface area contributed by atoms with Gasteiger partial charge in [-0.1, -0.05) is 12.1 Å². The van der Waals surface area contributed by atoms with Crippen molar-refractivity contribution >= 4 is 12.3 Å². The number of rotatable bonds is 6. The molecule has 0 heterocycles. The highest BCUT2D eigenvalue weighted by atomic mass is 16.5. The van der Waals surface area contributed by atoms with Gasteiger partial charge in [-0.15, -0.1) is 0 Å². The van der Waals surface area contributed by atoms with E-state index in [1.54, 1.807) is 49.6 Å². The van der Waals surface area contributed by atoms with Crippen LogP contribution in [0.4, 0.5) is 0 Å². The lowest BCUT2D eigenvalue weighted by atomic mass is 10.1. The molecule has 0 aliphatic carbocycles. The number of hydrogen-bond donors (Lipinski definition) is 0. The maximum absolute atomic E-state index is 11.7. The third-order valence-corrected chi connectivity index (χ3v) is 3.12. The summed E-state index contributed by atoms with van der Waals surface area (Å²) in [5.74, 6) is 0.554. The molecule has 2 aromatic carbocycles. The summed E-state index contributed by atoms with van der Waals surface area (Å²) in [6.07, 6.45) is 0.755. The largest absolute Gasteiger partial charge is 0.496 e. The second kappa shape index (κ2) is 7.26. The minimum Gasteiger partial charge on any atom is -0.496 e. The number of esters is 1. The van der Waals surface area contributed by atoms with Crippen molar-refractivity contribution < 1.29 is 23.8 Å². The topological polar surface area (TPSA) is 61.8 Å². The number of carbonyl (C=O) groups is 2. The monoisotopic (exact) mass is 300 g/mol. The van der Waals surface area contributed by atoms with Gasteiger partial charge in [0, 0.05) is 11.1 Å². The zero-order valence-corrected chi connectivity index (χ0v) is 12.4. The summed E-state index contributed by atoms with van der Waals surface area (Å²) < 4.78 is 15.7. The van der Waals surface area contributed by atoms with Crippen molar-refractivity contribution in [2.24, 2.45) is 0 Å². The Morgan fingerprint density at radius 3 is 2.55 bits per heavy atom. The van der Waals surface area contributed by atoms with Gasteiger partial charge in [-0.3, -0.25) is 4.79 Å². The van der Waals surface area contributed by atoms with Crippen molar-refractivity contribution in [1.29, 1.82) is 0 Å². The summed E-state index contributed by atoms with van der Waals surface area (Å²) in [5, 5.41) is 0. The first-order chi connectivity index (χ1) is 10.7. The van der Waals surface area contributed by atoms with Crippen LogP contribution in [0.25, 0.3) is 0 Å². The smallest absolute Gasteiger partial charge is 0.341 e. The van der Waals surface area contributed by atoms with E-state index < -0.39 is 5.97 Å². The first-order valence-corrected chi connectivity index (χ1v) is 6.61. The molecule has 5 nitrogen and oxygen atoms in total. The number of ether oxygens (including phenoxy) is 3. The number of carbonyl (C=O) groups excluding carboxylic acids is 2. The molecule has 0 saturated heterocycles. The molecule has 0 aliphatic heterocycles. The van der Waals surface area contributed by atoms with E-state index in [-0.39, 0.29) is 6.61 Å². The molecule has 0 N–H and O–H groups in total. The minimum absolute atomic E-state index is 0.166. The summed E-state index contributed by atoms with van der Waals surface area (Å²) in [6.45, 7) is 0.166. The van der Waals surface area contributed by atoms with Gasteiger partial charge >= 0.3 is 5.97 Å². The first kappa shape index (κ1) is 15.6. The molecular weight excluding hydrogens is 284 g/mol. The first-order valence-electron chi connectivity index (χ1n) is 6.61. The van der Waals surface area contributed by atoms with Gasteiger partial charge in [0.2, 0.25) is 0 Å². The molecular formula is C17H16O5. The Hall–Kier alpha value is -2.82. The molecule has 0 radical (unpaired) electrons. The van der Waals surface area contributed by atoms with Gasteiger partial charge in [-0.25, -0.2) is 4.79 Å². The Kier molecular flexibility index (Phi) is 5.14. The van der Waals surface area contributed by atoms with Gasteiger partial charge in [0.25, 0.3) is 0 Å². The van der Waals surface area contributed by atoms with Crippen LogP contribution in [-0.2, 0) is 11.3 Å². The predicted octanol–water partition coefficient (Wildman–Crippen LogP) is 2.87. The molecule has 0 atom stereocenters. The quantitative estimate of drug-likeness (QED) is 0.606. The Morgan fingerprint density at radius 2 is 1.86 bits per heavy atom. The van der Waals surface area contributed by atoms with Crippen LogP contribution in [0.15, 0.2) is 42.5 Å². The summed E-state index contributed by atoms with van der Waals surface area (Å²) >= 11 is 0. The molecule has 2 aromatic rings. The van der Waals surface area contributed by atoms with E-state index in [9.17, 15) is 9.59 Å². The third-order valence-electron chi connectivity index (χ3n) is 3.12. The number of aldehydes is 1. The van der Waals surface area contributed by atoms with Crippen LogP contribution in [0, 0.1) is 0 Å². The van der Waals surface area contributed by atoms with E-state index in [0.29, 0.717) is 28.2 Å². The SMILES string of the molecule is COC(=O)c1ccccc1OCc1cc(C=O)ccc1OC. The highest BCUT2D eigenvalue weighted by molar-refractivity contribution is 5.92. The average molecular weight is 300 g/mol. The number of para-hydroxylation sites is 1. The number of methoxy groups -OCH3 is 2. The predicted molar refractivity (Wildman–Crippen MR) is 80.5 cm³/mol. The molecule has 2 rings (SSSR count). The van der Waals surface area contributed by atoms with E-state index in [1.165, 1.54) is 7.11 Å². The van der Waals surface area contributed by atoms with E-state index >= 15 is 0 Å². The summed E-state index contributed by atoms with van der Waals surface area (Å²) in [7, 11) is 2.86. The molecule has 5 heteroatoms. The summed E-state index contributed by atoms with van der Waals surface area (Å²) in [4.78, 5) is 22.6. The third kappa shape index (κ3) is 3.44. The molecule has 0 amide bonds. The number of benzene rings is 2. The fourth-order valence-corrected chi connectivity index (χ4v) is 2.01. The lowest BCUT2D eigenvalue weighted by Crippen LogP contribution is -2.06. The van der Waals surface area contributed by atoms with Crippen molar-refractivity contribution in [3.05, 3.63) is 59.2 Å². The summed E-state index contributed by atoms with van der Waals surface area (Å²) in [6, 6.07) is 11.9. The molecule has 0 aromatic heterocycles. The van der Waals surface area contributed by atoms with Crippen LogP contribution >= 0.6 is 0 Å². The number of hydrogen-bond acceptors (Lipinski definition) is 5. The Morgan fingerprint density at radius 1 is 1.09 bits per heavy atom. The van der Waals surface area contributed by atoms with Crippen LogP contribution in [0.2, 0.25) is 0 Å². The van der Waals surface area contributed by atoms with Gasteiger partial charge in [0.05, 0.1) is 14.2 Å². The maximum atomic E-state index is 11.7. The van der Waals surface area contributed by atoms with E-state index in [1.807, 2.05) is 0 Å². The highest BCUT2D eigenvalue weighted by Crippen LogP contribution is 2.24. The molecule has 22 heavy (non-hydrogen) atoms. The van der Waals surface area contributed by atoms with Crippen molar-refractivity contribution in [3.8, 4) is 11.5 Å². The van der Waals surface area contributed by atoms with Crippen molar-refractivity contribution in [1.82, 2.24) is 0 Å². The lowest BCUT2D eigenvalue weighted by molar-refractivity contribution is 0.0595. The molecule has 0 unspecified atom stereocenters. The van der Waals surface area contributed by atoms with Crippen LogP contribution in [-0.4, -0.2) is 26.5 Å². The van der Waals surface area contributed by atoms with Gasteiger partial charge in [0.15, 0.2) is 0 Å². The Labute approximate surface area is 128 Å². The van der Waals surface area contributed by atoms with Gasteiger partial charge in [0.1, 0.15) is 30.0 Å². The Bertz CT molecular complexity index is 678. The molecule has 0 aliphatic rings. The molecule has 0 spiro atoms. The summed E-state index contributed by atoms with van der Waals surface area (Å²) in [5.41, 5.74) is 1.59. The molecule has 0 saturated carbocycles. The highest BCUT2D eigenvalue weighted by Gasteiger charge is 2.13. The minimum atomic E-state index is -0.468. The van der Waals surface area contributed by atoms with Crippen LogP contribution in [0.5, 0.6) is 11.5 Å². The van der Waals surface area contributed by atoms with Gasteiger partial charge < -0.3 is 14.2 Å². The average Bonchev–Trinajstić information content (AvgIpc) is 2.59. The second-order valence-corrected chi connectivity index (χ2v) is 4.47. The fraction of sp³-hybridized carbons (Fsp3) is 0.176. The van der Waals surface area contributed by atoms with E-state index in [0.717, 1.165) is 6.29 Å². The standard InChI is InChI=1S/C17H16O5/c1-20-15-8-7-12(10-18)9-13(15)11-22-16-6-4-3-5-14(16)17(19)21-2/h3-10H,11H2,1-2H3. The van der Waals surface area contributed by atoms with Crippen LogP contribution < -0.4 is 9.47 Å². The fourth-order valence-electron chi connectivity index (χ4n) is 2.01. The van der Waals surface area contributed by atoms with Crippen molar-refractivity contribution in [3.63, 3.8) is 0 Å². The zero-order chi connectivity index (χ0) is 15.9. The Balaban J connectivity index is 2.23. The second-order valence-electron chi connectivity index (χ2n) is 4.47. The zero-order valence-electron chi connectivity index (χ0n) is 12.4. The normalized spacial score (nSPS) is 9.91. The van der Waals surface area contributed by atoms with Crippen LogP contribution in [0.3, 0.4) is 0 Å². The van der Waals surface area contributed by atoms with Gasteiger partial charge in [-0.2, -0.15) is 0 Å². The van der Waals surface area contributed by atoms with Crippen molar-refractivity contribution in [2.45, 2.75) is 6.61 Å². The lowest BCUT2D eigenvalue weighted by Gasteiger charge is -2.12. The molecule has 114 valence electrons. The van der Waals surface area contributed by atoms with Crippen molar-refractivity contribution in [2.75, 3.05) is 14.2 Å². The van der Waals surface area contributed by atoms with Crippen LogP contribution in [0.1, 0.15) is 26.3 Å². The molecule has 0 bridgehead atoms. The van der Waals surface area contributed by atoms with E-state index in [2.05, 4.69) is 0 Å². The molecule has 0 fully saturated rings. The van der Waals surface area contributed by atoms with E-state index in [4.69, 9.17) is 14.2 Å². The maximum Gasteiger partial charge on any atom is 0.341 e. The van der Waals surface area contributed by atoms with Gasteiger partial charge in [-0.05, 0) is 30.3 Å².